The quantitative estimate of drug-likeness (QED) is 0.0321. The summed E-state index contributed by atoms with van der Waals surface area (Å²) in [6.07, 6.45) is 35.9. The van der Waals surface area contributed by atoms with Crippen molar-refractivity contribution in [3.8, 4) is 0 Å². The first kappa shape index (κ1) is 72.8. The number of unbranched alkanes of at least 4 members (excludes halogenated alkanes) is 24. The Morgan fingerprint density at radius 1 is 0.312 bits per heavy atom. The Hall–Kier alpha value is -3.26. The Labute approximate surface area is 488 Å². The summed E-state index contributed by atoms with van der Waals surface area (Å²) >= 11 is 0. The molecule has 0 spiro atoms. The van der Waals surface area contributed by atoms with Crippen molar-refractivity contribution in [2.75, 3.05) is 65.7 Å². The fourth-order valence-electron chi connectivity index (χ4n) is 11.0. The van der Waals surface area contributed by atoms with E-state index < -0.39 is 36.1 Å². The van der Waals surface area contributed by atoms with Gasteiger partial charge in [-0.2, -0.15) is 0 Å². The van der Waals surface area contributed by atoms with Crippen molar-refractivity contribution in [3.63, 3.8) is 0 Å². The molecule has 2 aliphatic heterocycles. The minimum atomic E-state index is -1.83. The number of hydrogen-bond donors (Lipinski definition) is 0. The molecule has 0 saturated carbocycles. The SMILES string of the molecule is CCCCCCCCC(CCCCCC)C(=O)OCCCCCCOC(=O)C(OC(=O)CCCCN1CCCC1)C(OC(=O)CCCCN1CCCC1)C(=O)OCCCCCCOC(=O)C(CCCCCC)CCCCCCCC. The Bertz CT molecular complexity index is 1440. The number of hydrogen-bond acceptors (Lipinski definition) is 14. The second-order valence-corrected chi connectivity index (χ2v) is 23.5. The van der Waals surface area contributed by atoms with E-state index in [1.165, 1.54) is 89.9 Å². The van der Waals surface area contributed by atoms with Crippen molar-refractivity contribution in [2.45, 2.75) is 310 Å². The van der Waals surface area contributed by atoms with E-state index in [-0.39, 0.29) is 49.8 Å². The normalized spacial score (nSPS) is 15.3. The highest BCUT2D eigenvalue weighted by molar-refractivity contribution is 5.89. The highest BCUT2D eigenvalue weighted by atomic mass is 16.6. The van der Waals surface area contributed by atoms with Crippen LogP contribution in [0.2, 0.25) is 0 Å². The van der Waals surface area contributed by atoms with Crippen LogP contribution in [0, 0.1) is 11.8 Å². The average Bonchev–Trinajstić information content (AvgIpc) is 4.20. The molecule has 2 fully saturated rings. The van der Waals surface area contributed by atoms with E-state index in [9.17, 15) is 28.8 Å². The van der Waals surface area contributed by atoms with Gasteiger partial charge in [-0.15, -0.1) is 0 Å². The third kappa shape index (κ3) is 38.5. The van der Waals surface area contributed by atoms with Gasteiger partial charge < -0.3 is 38.2 Å². The van der Waals surface area contributed by atoms with Gasteiger partial charge in [0.1, 0.15) is 0 Å². The van der Waals surface area contributed by atoms with Crippen molar-refractivity contribution in [2.24, 2.45) is 11.8 Å². The van der Waals surface area contributed by atoms with E-state index in [1.807, 2.05) is 0 Å². The van der Waals surface area contributed by atoms with Crippen LogP contribution >= 0.6 is 0 Å². The Morgan fingerprint density at radius 3 is 0.887 bits per heavy atom. The summed E-state index contributed by atoms with van der Waals surface area (Å²) < 4.78 is 34.5. The van der Waals surface area contributed by atoms with Gasteiger partial charge in [0.2, 0.25) is 12.2 Å². The number of esters is 6. The molecule has 466 valence electrons. The van der Waals surface area contributed by atoms with E-state index in [2.05, 4.69) is 37.5 Å². The van der Waals surface area contributed by atoms with Crippen molar-refractivity contribution >= 4 is 35.8 Å². The zero-order chi connectivity index (χ0) is 57.9. The number of carbonyl (C=O) groups excluding carboxylic acids is 6. The molecule has 2 saturated heterocycles. The molecule has 14 nitrogen and oxygen atoms in total. The molecule has 0 N–H and O–H groups in total. The lowest BCUT2D eigenvalue weighted by molar-refractivity contribution is -0.192. The first-order valence-electron chi connectivity index (χ1n) is 33.6. The average molecular weight is 1130 g/mol. The molecular formula is C66H120N2O12. The lowest BCUT2D eigenvalue weighted by atomic mass is 9.94. The fraction of sp³-hybridized carbons (Fsp3) is 0.909. The van der Waals surface area contributed by atoms with Crippen LogP contribution in [0.15, 0.2) is 0 Å². The predicted octanol–water partition coefficient (Wildman–Crippen LogP) is 15.3. The van der Waals surface area contributed by atoms with Crippen LogP contribution in [0.25, 0.3) is 0 Å². The molecule has 80 heavy (non-hydrogen) atoms. The van der Waals surface area contributed by atoms with Gasteiger partial charge in [0, 0.05) is 12.8 Å². The largest absolute Gasteiger partial charge is 0.465 e. The second-order valence-electron chi connectivity index (χ2n) is 23.5. The highest BCUT2D eigenvalue weighted by Crippen LogP contribution is 2.24. The van der Waals surface area contributed by atoms with Crippen LogP contribution in [0.3, 0.4) is 0 Å². The standard InChI is InChI=1S/C66H120N2O12/c1-5-9-13-17-19-27-43-57(41-25-15-11-7-3)63(71)75-53-37-21-23-39-55-77-65(73)61(79-59(69)45-29-31-47-67-49-33-34-50-67)62(80-60(70)46-30-32-48-68-51-35-36-52-68)66(74)78-56-40-24-22-38-54-76-64(72)58(42-26-16-12-8-4)44-28-20-18-14-10-6-2/h57-58,61-62H,5-56H2,1-4H3. The maximum absolute atomic E-state index is 14.0. The first-order chi connectivity index (χ1) is 39.1. The summed E-state index contributed by atoms with van der Waals surface area (Å²) in [5.41, 5.74) is 0. The molecule has 4 atom stereocenters. The summed E-state index contributed by atoms with van der Waals surface area (Å²) in [5.74, 6) is -3.56. The van der Waals surface area contributed by atoms with Crippen molar-refractivity contribution in [1.82, 2.24) is 9.80 Å². The topological polar surface area (TPSA) is 164 Å². The molecule has 4 unspecified atom stereocenters. The van der Waals surface area contributed by atoms with Crippen LogP contribution in [0.5, 0.6) is 0 Å². The molecule has 2 rings (SSSR count). The molecular weight excluding hydrogens is 1010 g/mol. The van der Waals surface area contributed by atoms with Crippen molar-refractivity contribution in [1.29, 1.82) is 0 Å². The molecule has 0 aromatic rings. The lowest BCUT2D eigenvalue weighted by Gasteiger charge is -2.24. The van der Waals surface area contributed by atoms with E-state index in [0.717, 1.165) is 155 Å². The van der Waals surface area contributed by atoms with E-state index in [1.54, 1.807) is 0 Å². The van der Waals surface area contributed by atoms with Crippen LogP contribution in [-0.4, -0.2) is 124 Å². The zero-order valence-electron chi connectivity index (χ0n) is 51.9. The molecule has 0 aliphatic carbocycles. The number of nitrogens with zero attached hydrogens (tertiary/aromatic N) is 2. The lowest BCUT2D eigenvalue weighted by Crippen LogP contribution is -2.47. The second kappa shape index (κ2) is 51.4. The van der Waals surface area contributed by atoms with E-state index >= 15 is 0 Å². The van der Waals surface area contributed by atoms with E-state index in [0.29, 0.717) is 64.6 Å². The number of rotatable bonds is 55. The van der Waals surface area contributed by atoms with Crippen molar-refractivity contribution < 1.29 is 57.2 Å². The van der Waals surface area contributed by atoms with Gasteiger partial charge in [0.25, 0.3) is 0 Å². The maximum Gasteiger partial charge on any atom is 0.352 e. The molecule has 2 aliphatic rings. The van der Waals surface area contributed by atoms with Crippen LogP contribution in [-0.2, 0) is 57.2 Å². The van der Waals surface area contributed by atoms with Gasteiger partial charge in [-0.3, -0.25) is 19.2 Å². The fourth-order valence-corrected chi connectivity index (χ4v) is 11.0. The Morgan fingerprint density at radius 2 is 0.575 bits per heavy atom. The molecule has 14 heteroatoms. The van der Waals surface area contributed by atoms with Gasteiger partial charge in [0.15, 0.2) is 0 Å². The number of ether oxygens (including phenoxy) is 6. The molecule has 2 heterocycles. The van der Waals surface area contributed by atoms with Crippen LogP contribution in [0.1, 0.15) is 297 Å². The minimum absolute atomic E-state index is 0.000855. The third-order valence-electron chi connectivity index (χ3n) is 16.2. The Balaban J connectivity index is 2.01. The number of likely N-dealkylation sites (tertiary alicyclic amines) is 2. The molecule has 0 aromatic carbocycles. The summed E-state index contributed by atoms with van der Waals surface area (Å²) in [7, 11) is 0. The molecule has 0 amide bonds. The highest BCUT2D eigenvalue weighted by Gasteiger charge is 2.42. The van der Waals surface area contributed by atoms with E-state index in [4.69, 9.17) is 28.4 Å². The Kier molecular flexibility index (Phi) is 46.8. The minimum Gasteiger partial charge on any atom is -0.465 e. The predicted molar refractivity (Wildman–Crippen MR) is 320 cm³/mol. The van der Waals surface area contributed by atoms with Gasteiger partial charge >= 0.3 is 35.8 Å². The van der Waals surface area contributed by atoms with Crippen LogP contribution < -0.4 is 0 Å². The molecule has 0 radical (unpaired) electrons. The van der Waals surface area contributed by atoms with Gasteiger partial charge in [-0.05, 0) is 168 Å². The molecule has 0 bridgehead atoms. The first-order valence-corrected chi connectivity index (χ1v) is 33.6. The smallest absolute Gasteiger partial charge is 0.352 e. The third-order valence-corrected chi connectivity index (χ3v) is 16.2. The summed E-state index contributed by atoms with van der Waals surface area (Å²) in [4.78, 5) is 86.0. The number of carbonyl (C=O) groups is 6. The van der Waals surface area contributed by atoms with Crippen molar-refractivity contribution in [3.05, 3.63) is 0 Å². The summed E-state index contributed by atoms with van der Waals surface area (Å²) in [6.45, 7) is 15.5. The zero-order valence-corrected chi connectivity index (χ0v) is 51.9. The van der Waals surface area contributed by atoms with Gasteiger partial charge in [0.05, 0.1) is 38.3 Å². The summed E-state index contributed by atoms with van der Waals surface area (Å²) in [5, 5.41) is 0. The van der Waals surface area contributed by atoms with Crippen LogP contribution in [0.4, 0.5) is 0 Å². The van der Waals surface area contributed by atoms with Gasteiger partial charge in [-0.1, -0.05) is 156 Å². The molecule has 0 aromatic heterocycles. The van der Waals surface area contributed by atoms with Gasteiger partial charge in [-0.25, -0.2) is 9.59 Å². The monoisotopic (exact) mass is 1130 g/mol. The maximum atomic E-state index is 14.0. The summed E-state index contributed by atoms with van der Waals surface area (Å²) in [6, 6.07) is 0.